The minimum Gasteiger partial charge on any atom is -0.493 e. The van der Waals surface area contributed by atoms with E-state index in [0.717, 1.165) is 22.4 Å². The summed E-state index contributed by atoms with van der Waals surface area (Å²) in [6.45, 7) is 4.58. The molecule has 6 heteroatoms. The van der Waals surface area contributed by atoms with Crippen molar-refractivity contribution in [1.82, 2.24) is 5.43 Å². The van der Waals surface area contributed by atoms with Crippen LogP contribution in [0, 0.1) is 13.8 Å². The SMILES string of the molecule is COc1ccc(C=NNC(=S)Nc2cccc(C)c2C)cc1OCc1ccccc1. The molecule has 3 rings (SSSR count). The Kier molecular flexibility index (Phi) is 7.40. The maximum Gasteiger partial charge on any atom is 0.191 e. The summed E-state index contributed by atoms with van der Waals surface area (Å²) in [6.07, 6.45) is 1.69. The third kappa shape index (κ3) is 5.81. The fourth-order valence-electron chi connectivity index (χ4n) is 2.82. The zero-order valence-electron chi connectivity index (χ0n) is 17.3. The number of hydrazone groups is 1. The van der Waals surface area contributed by atoms with E-state index in [1.54, 1.807) is 13.3 Å². The molecule has 0 saturated heterocycles. The summed E-state index contributed by atoms with van der Waals surface area (Å²) in [7, 11) is 1.62. The number of anilines is 1. The third-order valence-electron chi connectivity index (χ3n) is 4.66. The molecule has 154 valence electrons. The number of benzene rings is 3. The molecule has 0 aliphatic rings. The van der Waals surface area contributed by atoms with Crippen LogP contribution in [0.1, 0.15) is 22.3 Å². The summed E-state index contributed by atoms with van der Waals surface area (Å²) < 4.78 is 11.3. The minimum atomic E-state index is 0.425. The number of nitrogens with one attached hydrogen (secondary N) is 2. The third-order valence-corrected chi connectivity index (χ3v) is 4.85. The Bertz CT molecular complexity index is 1040. The fourth-order valence-corrected chi connectivity index (χ4v) is 2.99. The molecule has 0 unspecified atom stereocenters. The van der Waals surface area contributed by atoms with Gasteiger partial charge in [-0.15, -0.1) is 0 Å². The van der Waals surface area contributed by atoms with Crippen LogP contribution in [0.4, 0.5) is 5.69 Å². The van der Waals surface area contributed by atoms with E-state index in [-0.39, 0.29) is 0 Å². The van der Waals surface area contributed by atoms with Gasteiger partial charge in [0, 0.05) is 5.69 Å². The van der Waals surface area contributed by atoms with Gasteiger partial charge in [0.05, 0.1) is 13.3 Å². The van der Waals surface area contributed by atoms with Crippen LogP contribution in [0.25, 0.3) is 0 Å². The second kappa shape index (κ2) is 10.4. The lowest BCUT2D eigenvalue weighted by Crippen LogP contribution is -2.24. The van der Waals surface area contributed by atoms with Gasteiger partial charge in [-0.25, -0.2) is 0 Å². The van der Waals surface area contributed by atoms with Crippen LogP contribution < -0.4 is 20.2 Å². The molecule has 5 nitrogen and oxygen atoms in total. The maximum atomic E-state index is 5.94. The highest BCUT2D eigenvalue weighted by atomic mass is 32.1. The van der Waals surface area contributed by atoms with Crippen LogP contribution >= 0.6 is 12.2 Å². The lowest BCUT2D eigenvalue weighted by atomic mass is 10.1. The molecule has 0 aromatic heterocycles. The molecule has 0 saturated carbocycles. The Labute approximate surface area is 182 Å². The van der Waals surface area contributed by atoms with Crippen LogP contribution in [0.3, 0.4) is 0 Å². The van der Waals surface area contributed by atoms with E-state index in [2.05, 4.69) is 35.8 Å². The molecule has 2 N–H and O–H groups in total. The number of hydrogen-bond acceptors (Lipinski definition) is 4. The van der Waals surface area contributed by atoms with Gasteiger partial charge in [-0.1, -0.05) is 42.5 Å². The molecule has 3 aromatic carbocycles. The average Bonchev–Trinajstić information content (AvgIpc) is 2.76. The first-order valence-corrected chi connectivity index (χ1v) is 9.98. The van der Waals surface area contributed by atoms with Crippen molar-refractivity contribution < 1.29 is 9.47 Å². The normalized spacial score (nSPS) is 10.6. The molecule has 0 bridgehead atoms. The Balaban J connectivity index is 1.62. The minimum absolute atomic E-state index is 0.425. The first-order chi connectivity index (χ1) is 14.6. The Morgan fingerprint density at radius 2 is 1.80 bits per heavy atom. The van der Waals surface area contributed by atoms with Crippen LogP contribution in [0.2, 0.25) is 0 Å². The second-order valence-electron chi connectivity index (χ2n) is 6.76. The monoisotopic (exact) mass is 419 g/mol. The van der Waals surface area contributed by atoms with E-state index in [0.29, 0.717) is 23.2 Å². The standard InChI is InChI=1S/C24H25N3O2S/c1-17-8-7-11-21(18(17)2)26-24(30)27-25-15-20-12-13-22(28-3)23(14-20)29-16-19-9-5-4-6-10-19/h4-15H,16H2,1-3H3,(H2,26,27,30). The first kappa shape index (κ1) is 21.3. The summed E-state index contributed by atoms with van der Waals surface area (Å²) in [4.78, 5) is 0. The van der Waals surface area contributed by atoms with Crippen LogP contribution in [-0.4, -0.2) is 18.4 Å². The zero-order chi connectivity index (χ0) is 21.3. The van der Waals surface area contributed by atoms with Crippen molar-refractivity contribution in [1.29, 1.82) is 0 Å². The Hall–Kier alpha value is -3.38. The van der Waals surface area contributed by atoms with Gasteiger partial charge in [0.25, 0.3) is 0 Å². The summed E-state index contributed by atoms with van der Waals surface area (Å²) in [6, 6.07) is 21.7. The van der Waals surface area contributed by atoms with Crippen LogP contribution in [0.5, 0.6) is 11.5 Å². The highest BCUT2D eigenvalue weighted by molar-refractivity contribution is 7.80. The lowest BCUT2D eigenvalue weighted by Gasteiger charge is -2.12. The van der Waals surface area contributed by atoms with E-state index in [4.69, 9.17) is 21.7 Å². The van der Waals surface area contributed by atoms with Crippen molar-refractivity contribution in [2.45, 2.75) is 20.5 Å². The molecule has 0 radical (unpaired) electrons. The molecule has 0 aliphatic heterocycles. The van der Waals surface area contributed by atoms with E-state index >= 15 is 0 Å². The van der Waals surface area contributed by atoms with Crippen molar-refractivity contribution >= 4 is 29.2 Å². The van der Waals surface area contributed by atoms with E-state index in [9.17, 15) is 0 Å². The summed E-state index contributed by atoms with van der Waals surface area (Å²) >= 11 is 5.33. The topological polar surface area (TPSA) is 54.9 Å². The molecule has 0 fully saturated rings. The van der Waals surface area contributed by atoms with Gasteiger partial charge in [-0.05, 0) is 72.6 Å². The average molecular weight is 420 g/mol. The predicted octanol–water partition coefficient (Wildman–Crippen LogP) is 5.21. The quantitative estimate of drug-likeness (QED) is 0.313. The van der Waals surface area contributed by atoms with E-state index < -0.39 is 0 Å². The fraction of sp³-hybridized carbons (Fsp3) is 0.167. The van der Waals surface area contributed by atoms with Crippen molar-refractivity contribution in [3.63, 3.8) is 0 Å². The predicted molar refractivity (Wildman–Crippen MR) is 127 cm³/mol. The van der Waals surface area contributed by atoms with E-state index in [1.165, 1.54) is 5.56 Å². The Morgan fingerprint density at radius 3 is 2.57 bits per heavy atom. The van der Waals surface area contributed by atoms with Gasteiger partial charge in [0.15, 0.2) is 16.6 Å². The molecule has 0 spiro atoms. The summed E-state index contributed by atoms with van der Waals surface area (Å²) in [5.74, 6) is 1.32. The number of hydrogen-bond donors (Lipinski definition) is 2. The van der Waals surface area contributed by atoms with Crippen molar-refractivity contribution in [3.05, 3.63) is 89.0 Å². The number of nitrogens with zero attached hydrogens (tertiary/aromatic N) is 1. The molecule has 30 heavy (non-hydrogen) atoms. The number of thiocarbonyl (C=S) groups is 1. The van der Waals surface area contributed by atoms with Gasteiger partial charge in [-0.3, -0.25) is 5.43 Å². The number of methoxy groups -OCH3 is 1. The van der Waals surface area contributed by atoms with Gasteiger partial charge < -0.3 is 14.8 Å². The second-order valence-corrected chi connectivity index (χ2v) is 7.16. The molecule has 0 atom stereocenters. The molecule has 3 aromatic rings. The maximum absolute atomic E-state index is 5.94. The molecule has 0 heterocycles. The molecule has 0 aliphatic carbocycles. The molecular weight excluding hydrogens is 394 g/mol. The summed E-state index contributed by atoms with van der Waals surface area (Å²) in [5, 5.41) is 7.82. The molecular formula is C24H25N3O2S. The first-order valence-electron chi connectivity index (χ1n) is 9.58. The smallest absolute Gasteiger partial charge is 0.191 e. The van der Waals surface area contributed by atoms with Crippen molar-refractivity contribution in [3.8, 4) is 11.5 Å². The highest BCUT2D eigenvalue weighted by Crippen LogP contribution is 2.28. The van der Waals surface area contributed by atoms with Crippen molar-refractivity contribution in [2.24, 2.45) is 5.10 Å². The Morgan fingerprint density at radius 1 is 1.00 bits per heavy atom. The number of aryl methyl sites for hydroxylation is 1. The zero-order valence-corrected chi connectivity index (χ0v) is 18.1. The molecule has 0 amide bonds. The van der Waals surface area contributed by atoms with E-state index in [1.807, 2.05) is 60.7 Å². The van der Waals surface area contributed by atoms with Crippen molar-refractivity contribution in [2.75, 3.05) is 12.4 Å². The van der Waals surface area contributed by atoms with Gasteiger partial charge in [0.2, 0.25) is 0 Å². The lowest BCUT2D eigenvalue weighted by molar-refractivity contribution is 0.284. The largest absolute Gasteiger partial charge is 0.493 e. The summed E-state index contributed by atoms with van der Waals surface area (Å²) in [5.41, 5.74) is 8.12. The number of ether oxygens (including phenoxy) is 2. The van der Waals surface area contributed by atoms with Crippen LogP contribution in [-0.2, 0) is 6.61 Å². The highest BCUT2D eigenvalue weighted by Gasteiger charge is 2.06. The number of rotatable bonds is 7. The van der Waals surface area contributed by atoms with Gasteiger partial charge in [0.1, 0.15) is 6.61 Å². The van der Waals surface area contributed by atoms with Gasteiger partial charge in [-0.2, -0.15) is 5.10 Å². The van der Waals surface area contributed by atoms with Gasteiger partial charge >= 0.3 is 0 Å². The van der Waals surface area contributed by atoms with Crippen LogP contribution in [0.15, 0.2) is 71.8 Å².